The number of Topliss-reactive ketones (excluding diaryl/α,β-unsaturated/α-hetero) is 1. The molecule has 0 radical (unpaired) electrons. The molecule has 2 aromatic rings. The number of likely N-dealkylation sites (N-methyl/N-ethyl adjacent to an activating group) is 1. The fourth-order valence-corrected chi connectivity index (χ4v) is 3.43. The molecule has 1 atom stereocenters. The third-order valence-corrected chi connectivity index (χ3v) is 5.01. The van der Waals surface area contributed by atoms with Crippen LogP contribution in [0.15, 0.2) is 48.5 Å². The Hall–Kier alpha value is -2.62. The van der Waals surface area contributed by atoms with E-state index in [2.05, 4.69) is 12.1 Å². The van der Waals surface area contributed by atoms with Crippen molar-refractivity contribution in [2.24, 2.45) is 0 Å². The third-order valence-electron chi connectivity index (χ3n) is 5.01. The van der Waals surface area contributed by atoms with Gasteiger partial charge in [-0.05, 0) is 55.0 Å². The standard InChI is InChI=1S/C22H25NO3/c1-16(24)7-8-17-9-12-19(13-10-17)26-15-22(25)23(2)21-14-11-18-5-3-4-6-20(18)21/h3-6,9-10,12-13,21H,7-8,11,14-15H2,1-2H3. The van der Waals surface area contributed by atoms with Gasteiger partial charge in [-0.25, -0.2) is 0 Å². The van der Waals surface area contributed by atoms with Crippen molar-refractivity contribution in [1.29, 1.82) is 0 Å². The summed E-state index contributed by atoms with van der Waals surface area (Å²) in [7, 11) is 1.85. The number of rotatable bonds is 7. The summed E-state index contributed by atoms with van der Waals surface area (Å²) in [6.45, 7) is 1.63. The van der Waals surface area contributed by atoms with Gasteiger partial charge in [-0.2, -0.15) is 0 Å². The molecule has 26 heavy (non-hydrogen) atoms. The van der Waals surface area contributed by atoms with Crippen molar-refractivity contribution in [3.05, 3.63) is 65.2 Å². The Morgan fingerprint density at radius 1 is 1.12 bits per heavy atom. The number of benzene rings is 2. The van der Waals surface area contributed by atoms with Gasteiger partial charge in [0, 0.05) is 13.5 Å². The highest BCUT2D eigenvalue weighted by atomic mass is 16.5. The van der Waals surface area contributed by atoms with Gasteiger partial charge in [0.25, 0.3) is 5.91 Å². The minimum absolute atomic E-state index is 0.0210. The molecule has 1 aliphatic carbocycles. The number of nitrogens with zero attached hydrogens (tertiary/aromatic N) is 1. The zero-order valence-corrected chi connectivity index (χ0v) is 15.4. The molecule has 0 spiro atoms. The van der Waals surface area contributed by atoms with E-state index in [-0.39, 0.29) is 24.3 Å². The number of carbonyl (C=O) groups is 2. The highest BCUT2D eigenvalue weighted by Crippen LogP contribution is 2.34. The monoisotopic (exact) mass is 351 g/mol. The number of hydrogen-bond acceptors (Lipinski definition) is 3. The predicted molar refractivity (Wildman–Crippen MR) is 101 cm³/mol. The minimum atomic E-state index is -0.0210. The smallest absolute Gasteiger partial charge is 0.260 e. The average Bonchev–Trinajstić information content (AvgIpc) is 3.08. The highest BCUT2D eigenvalue weighted by molar-refractivity contribution is 5.78. The number of carbonyl (C=O) groups excluding carboxylic acids is 2. The zero-order chi connectivity index (χ0) is 18.5. The molecular formula is C22H25NO3. The van der Waals surface area contributed by atoms with Gasteiger partial charge in [0.1, 0.15) is 11.5 Å². The van der Waals surface area contributed by atoms with Gasteiger partial charge >= 0.3 is 0 Å². The fourth-order valence-electron chi connectivity index (χ4n) is 3.43. The number of hydrogen-bond donors (Lipinski definition) is 0. The first-order valence-electron chi connectivity index (χ1n) is 9.09. The van der Waals surface area contributed by atoms with E-state index in [0.717, 1.165) is 24.8 Å². The lowest BCUT2D eigenvalue weighted by Gasteiger charge is -2.25. The summed E-state index contributed by atoms with van der Waals surface area (Å²) < 4.78 is 5.66. The Balaban J connectivity index is 1.53. The molecule has 4 heteroatoms. The van der Waals surface area contributed by atoms with Crippen LogP contribution in [0.3, 0.4) is 0 Å². The second-order valence-electron chi connectivity index (χ2n) is 6.89. The van der Waals surface area contributed by atoms with Crippen molar-refractivity contribution in [3.63, 3.8) is 0 Å². The summed E-state index contributed by atoms with van der Waals surface area (Å²) in [5.41, 5.74) is 3.68. The zero-order valence-electron chi connectivity index (χ0n) is 15.4. The molecule has 1 aliphatic rings. The number of fused-ring (bicyclic) bond motifs is 1. The molecule has 136 valence electrons. The third kappa shape index (κ3) is 4.31. The Morgan fingerprint density at radius 3 is 2.58 bits per heavy atom. The van der Waals surface area contributed by atoms with Gasteiger partial charge in [0.2, 0.25) is 0 Å². The Labute approximate surface area is 154 Å². The average molecular weight is 351 g/mol. The van der Waals surface area contributed by atoms with Gasteiger partial charge in [-0.1, -0.05) is 36.4 Å². The molecule has 0 heterocycles. The second kappa shape index (κ2) is 8.17. The number of ketones is 1. The Kier molecular flexibility index (Phi) is 5.71. The van der Waals surface area contributed by atoms with E-state index in [1.165, 1.54) is 11.1 Å². The minimum Gasteiger partial charge on any atom is -0.484 e. The normalized spacial score (nSPS) is 15.4. The lowest BCUT2D eigenvalue weighted by molar-refractivity contribution is -0.134. The topological polar surface area (TPSA) is 46.6 Å². The highest BCUT2D eigenvalue weighted by Gasteiger charge is 2.28. The van der Waals surface area contributed by atoms with Crippen molar-refractivity contribution >= 4 is 11.7 Å². The number of aryl methyl sites for hydroxylation is 2. The molecule has 0 saturated carbocycles. The van der Waals surface area contributed by atoms with Crippen LogP contribution in [0.2, 0.25) is 0 Å². The summed E-state index contributed by atoms with van der Waals surface area (Å²) in [5.74, 6) is 0.838. The molecule has 0 bridgehead atoms. The summed E-state index contributed by atoms with van der Waals surface area (Å²) in [5, 5.41) is 0. The molecule has 0 aromatic heterocycles. The summed E-state index contributed by atoms with van der Waals surface area (Å²) in [4.78, 5) is 25.4. The van der Waals surface area contributed by atoms with Gasteiger partial charge in [0.15, 0.2) is 6.61 Å². The first-order valence-corrected chi connectivity index (χ1v) is 9.09. The first-order chi connectivity index (χ1) is 12.5. The van der Waals surface area contributed by atoms with Crippen LogP contribution in [0, 0.1) is 0 Å². The lowest BCUT2D eigenvalue weighted by atomic mass is 10.1. The van der Waals surface area contributed by atoms with Crippen LogP contribution >= 0.6 is 0 Å². The molecule has 3 rings (SSSR count). The van der Waals surface area contributed by atoms with Crippen molar-refractivity contribution in [2.75, 3.05) is 13.7 Å². The second-order valence-corrected chi connectivity index (χ2v) is 6.89. The van der Waals surface area contributed by atoms with Crippen LogP contribution in [0.1, 0.15) is 42.5 Å². The Bertz CT molecular complexity index is 782. The maximum Gasteiger partial charge on any atom is 0.260 e. The maximum atomic E-state index is 12.5. The van der Waals surface area contributed by atoms with E-state index in [4.69, 9.17) is 4.74 Å². The lowest BCUT2D eigenvalue weighted by Crippen LogP contribution is -2.34. The van der Waals surface area contributed by atoms with E-state index >= 15 is 0 Å². The molecule has 4 nitrogen and oxygen atoms in total. The predicted octanol–water partition coefficient (Wildman–Crippen LogP) is 3.73. The van der Waals surface area contributed by atoms with Crippen molar-refractivity contribution in [1.82, 2.24) is 4.90 Å². The van der Waals surface area contributed by atoms with E-state index < -0.39 is 0 Å². The van der Waals surface area contributed by atoms with Crippen LogP contribution in [0.25, 0.3) is 0 Å². The van der Waals surface area contributed by atoms with Crippen LogP contribution < -0.4 is 4.74 Å². The number of ether oxygens (including phenoxy) is 1. The molecule has 2 aromatic carbocycles. The summed E-state index contributed by atoms with van der Waals surface area (Å²) in [6, 6.07) is 16.1. The molecule has 0 fully saturated rings. The van der Waals surface area contributed by atoms with Gasteiger partial charge in [-0.15, -0.1) is 0 Å². The van der Waals surface area contributed by atoms with Crippen molar-refractivity contribution in [3.8, 4) is 5.75 Å². The Morgan fingerprint density at radius 2 is 1.85 bits per heavy atom. The SMILES string of the molecule is CC(=O)CCc1ccc(OCC(=O)N(C)C2CCc3ccccc32)cc1. The molecular weight excluding hydrogens is 326 g/mol. The van der Waals surface area contributed by atoms with Crippen LogP contribution in [0.5, 0.6) is 5.75 Å². The van der Waals surface area contributed by atoms with Gasteiger partial charge in [-0.3, -0.25) is 4.79 Å². The van der Waals surface area contributed by atoms with Crippen molar-refractivity contribution in [2.45, 2.75) is 38.6 Å². The maximum absolute atomic E-state index is 12.5. The van der Waals surface area contributed by atoms with Crippen LogP contribution in [-0.2, 0) is 22.4 Å². The molecule has 0 N–H and O–H groups in total. The largest absolute Gasteiger partial charge is 0.484 e. The van der Waals surface area contributed by atoms with E-state index in [1.807, 2.05) is 43.4 Å². The molecule has 1 amide bonds. The van der Waals surface area contributed by atoms with Gasteiger partial charge in [0.05, 0.1) is 6.04 Å². The van der Waals surface area contributed by atoms with E-state index in [1.54, 1.807) is 11.8 Å². The molecule has 0 aliphatic heterocycles. The van der Waals surface area contributed by atoms with Gasteiger partial charge < -0.3 is 14.4 Å². The van der Waals surface area contributed by atoms with E-state index in [9.17, 15) is 9.59 Å². The van der Waals surface area contributed by atoms with Crippen molar-refractivity contribution < 1.29 is 14.3 Å². The summed E-state index contributed by atoms with van der Waals surface area (Å²) in [6.07, 6.45) is 3.26. The molecule has 0 saturated heterocycles. The quantitative estimate of drug-likeness (QED) is 0.763. The molecule has 1 unspecified atom stereocenters. The first kappa shape index (κ1) is 18.2. The van der Waals surface area contributed by atoms with Crippen LogP contribution in [0.4, 0.5) is 0 Å². The van der Waals surface area contributed by atoms with Crippen LogP contribution in [-0.4, -0.2) is 30.2 Å². The number of amides is 1. The fraction of sp³-hybridized carbons (Fsp3) is 0.364. The van der Waals surface area contributed by atoms with E-state index in [0.29, 0.717) is 12.2 Å². The summed E-state index contributed by atoms with van der Waals surface area (Å²) >= 11 is 0.